The topological polar surface area (TPSA) is 9.23 Å². The molecule has 0 aromatic carbocycles. The highest BCUT2D eigenvalue weighted by molar-refractivity contribution is 7.99. The predicted molar refractivity (Wildman–Crippen MR) is 41.2 cm³/mol. The van der Waals surface area contributed by atoms with Gasteiger partial charge in [0.1, 0.15) is 0 Å². The van der Waals surface area contributed by atoms with Crippen molar-refractivity contribution in [2.45, 2.75) is 12.5 Å². The molecule has 0 radical (unpaired) electrons. The van der Waals surface area contributed by atoms with E-state index in [0.29, 0.717) is 0 Å². The van der Waals surface area contributed by atoms with Crippen molar-refractivity contribution in [3.05, 3.63) is 0 Å². The highest BCUT2D eigenvalue weighted by Gasteiger charge is 1.96. The van der Waals surface area contributed by atoms with Gasteiger partial charge in [-0.3, -0.25) is 0 Å². The molecule has 0 bridgehead atoms. The molecular formula is C5H12OSSi. The van der Waals surface area contributed by atoms with Crippen molar-refractivity contribution in [1.82, 2.24) is 0 Å². The summed E-state index contributed by atoms with van der Waals surface area (Å²) in [6.07, 6.45) is 1.40. The molecule has 1 aliphatic rings. The zero-order valence-corrected chi connectivity index (χ0v) is 7.29. The zero-order valence-electron chi connectivity index (χ0n) is 5.06. The highest BCUT2D eigenvalue weighted by Crippen LogP contribution is 2.07. The Morgan fingerprint density at radius 1 is 1.38 bits per heavy atom. The first-order chi connectivity index (χ1) is 4.00. The largest absolute Gasteiger partial charge is 0.423 e. The third-order valence-corrected chi connectivity index (χ3v) is 3.60. The van der Waals surface area contributed by atoms with Crippen LogP contribution in [0.5, 0.6) is 0 Å². The van der Waals surface area contributed by atoms with E-state index in [1.807, 2.05) is 11.8 Å². The third-order valence-electron chi connectivity index (χ3n) is 1.20. The summed E-state index contributed by atoms with van der Waals surface area (Å²) >= 11 is 2.03. The average Bonchev–Trinajstić information content (AvgIpc) is 1.62. The summed E-state index contributed by atoms with van der Waals surface area (Å²) in [4.78, 5) is 0. The molecule has 0 aliphatic carbocycles. The number of hydrogen-bond donors (Lipinski definition) is 0. The maximum atomic E-state index is 5.39. The van der Waals surface area contributed by atoms with E-state index < -0.39 is 0 Å². The first-order valence-electron chi connectivity index (χ1n) is 3.15. The van der Waals surface area contributed by atoms with Crippen molar-refractivity contribution in [2.75, 3.05) is 18.1 Å². The van der Waals surface area contributed by atoms with Gasteiger partial charge in [0, 0.05) is 12.4 Å². The molecule has 8 heavy (non-hydrogen) atoms. The molecule has 0 atom stereocenters. The van der Waals surface area contributed by atoms with E-state index in [0.717, 1.165) is 6.61 Å². The van der Waals surface area contributed by atoms with E-state index in [-0.39, 0.29) is 9.76 Å². The Kier molecular flexibility index (Phi) is 3.66. The Bertz CT molecular complexity index is 36.4. The number of thioether (sulfide) groups is 1. The maximum absolute atomic E-state index is 5.39. The summed E-state index contributed by atoms with van der Waals surface area (Å²) in [6.45, 7) is 1.02. The second-order valence-corrected chi connectivity index (χ2v) is 4.68. The van der Waals surface area contributed by atoms with Crippen LogP contribution in [0.4, 0.5) is 0 Å². The lowest BCUT2D eigenvalue weighted by Crippen LogP contribution is -2.06. The first kappa shape index (κ1) is 6.64. The molecular weight excluding hydrogens is 136 g/mol. The van der Waals surface area contributed by atoms with Crippen LogP contribution >= 0.6 is 11.8 Å². The molecule has 0 N–H and O–H groups in total. The van der Waals surface area contributed by atoms with E-state index >= 15 is 0 Å². The van der Waals surface area contributed by atoms with Gasteiger partial charge in [-0.2, -0.15) is 11.8 Å². The molecule has 0 saturated carbocycles. The fourth-order valence-electron chi connectivity index (χ4n) is 0.730. The van der Waals surface area contributed by atoms with Gasteiger partial charge in [-0.15, -0.1) is 0 Å². The molecule has 1 aliphatic heterocycles. The van der Waals surface area contributed by atoms with E-state index in [1.54, 1.807) is 0 Å². The van der Waals surface area contributed by atoms with Crippen LogP contribution in [0.15, 0.2) is 0 Å². The number of rotatable bonds is 0. The van der Waals surface area contributed by atoms with Gasteiger partial charge < -0.3 is 4.43 Å². The SMILES string of the molecule is C1C[SiH2]OCCSC1. The van der Waals surface area contributed by atoms with Gasteiger partial charge >= 0.3 is 0 Å². The molecule has 0 unspecified atom stereocenters. The molecule has 0 aromatic heterocycles. The van der Waals surface area contributed by atoms with Crippen molar-refractivity contribution in [3.63, 3.8) is 0 Å². The molecule has 0 spiro atoms. The standard InChI is InChI=1S/C5H12OSSi/c1-3-7-4-2-6-8-5-1/h1-5,8H2. The lowest BCUT2D eigenvalue weighted by Gasteiger charge is -2.07. The maximum Gasteiger partial charge on any atom is 0.161 e. The van der Waals surface area contributed by atoms with Crippen molar-refractivity contribution in [2.24, 2.45) is 0 Å². The van der Waals surface area contributed by atoms with Gasteiger partial charge in [0.2, 0.25) is 0 Å². The summed E-state index contributed by atoms with van der Waals surface area (Å²) in [5.74, 6) is 2.60. The zero-order chi connectivity index (χ0) is 5.66. The Morgan fingerprint density at radius 3 is 3.38 bits per heavy atom. The minimum atomic E-state index is -0.0618. The van der Waals surface area contributed by atoms with Crippen LogP contribution in [-0.2, 0) is 4.43 Å². The molecule has 1 nitrogen and oxygen atoms in total. The van der Waals surface area contributed by atoms with Gasteiger partial charge in [-0.05, 0) is 18.2 Å². The molecule has 1 saturated heterocycles. The van der Waals surface area contributed by atoms with E-state index in [4.69, 9.17) is 4.43 Å². The highest BCUT2D eigenvalue weighted by atomic mass is 32.2. The van der Waals surface area contributed by atoms with Crippen LogP contribution in [0.3, 0.4) is 0 Å². The fraction of sp³-hybridized carbons (Fsp3) is 1.00. The van der Waals surface area contributed by atoms with E-state index in [1.165, 1.54) is 24.0 Å². The minimum Gasteiger partial charge on any atom is -0.423 e. The van der Waals surface area contributed by atoms with Crippen molar-refractivity contribution >= 4 is 21.5 Å². The Hall–Kier alpha value is 0.527. The van der Waals surface area contributed by atoms with Crippen LogP contribution in [0.2, 0.25) is 6.04 Å². The van der Waals surface area contributed by atoms with E-state index in [2.05, 4.69) is 0 Å². The Balaban J connectivity index is 2.00. The summed E-state index contributed by atoms with van der Waals surface area (Å²) in [6, 6.07) is 1.40. The third kappa shape index (κ3) is 2.74. The van der Waals surface area contributed by atoms with Crippen LogP contribution in [-0.4, -0.2) is 27.9 Å². The van der Waals surface area contributed by atoms with Crippen LogP contribution in [0.25, 0.3) is 0 Å². The molecule has 48 valence electrons. The fourth-order valence-corrected chi connectivity index (χ4v) is 3.16. The van der Waals surface area contributed by atoms with Crippen LogP contribution in [0, 0.1) is 0 Å². The summed E-state index contributed by atoms with van der Waals surface area (Å²) < 4.78 is 5.39. The number of hydrogen-bond acceptors (Lipinski definition) is 2. The first-order valence-corrected chi connectivity index (χ1v) is 5.89. The molecule has 1 rings (SSSR count). The Morgan fingerprint density at radius 2 is 2.38 bits per heavy atom. The smallest absolute Gasteiger partial charge is 0.161 e. The lowest BCUT2D eigenvalue weighted by molar-refractivity contribution is 0.362. The van der Waals surface area contributed by atoms with Crippen molar-refractivity contribution in [3.8, 4) is 0 Å². The summed E-state index contributed by atoms with van der Waals surface area (Å²) in [7, 11) is -0.0618. The van der Waals surface area contributed by atoms with Gasteiger partial charge in [-0.1, -0.05) is 0 Å². The second-order valence-electron chi connectivity index (χ2n) is 1.93. The van der Waals surface area contributed by atoms with E-state index in [9.17, 15) is 0 Å². The summed E-state index contributed by atoms with van der Waals surface area (Å²) in [5.41, 5.74) is 0. The minimum absolute atomic E-state index is 0.0618. The predicted octanol–water partition coefficient (Wildman–Crippen LogP) is 0.642. The Labute approximate surface area is 57.1 Å². The second kappa shape index (κ2) is 4.41. The van der Waals surface area contributed by atoms with Gasteiger partial charge in [0.05, 0.1) is 0 Å². The van der Waals surface area contributed by atoms with Crippen molar-refractivity contribution in [1.29, 1.82) is 0 Å². The van der Waals surface area contributed by atoms with Crippen LogP contribution < -0.4 is 0 Å². The molecule has 3 heteroatoms. The molecule has 1 fully saturated rings. The lowest BCUT2D eigenvalue weighted by atomic mass is 10.6. The molecule has 1 heterocycles. The average molecular weight is 148 g/mol. The summed E-state index contributed by atoms with van der Waals surface area (Å²) in [5, 5.41) is 0. The van der Waals surface area contributed by atoms with Crippen molar-refractivity contribution < 1.29 is 4.43 Å². The van der Waals surface area contributed by atoms with Gasteiger partial charge in [0.25, 0.3) is 0 Å². The molecule has 0 aromatic rings. The van der Waals surface area contributed by atoms with Crippen LogP contribution in [0.1, 0.15) is 6.42 Å². The monoisotopic (exact) mass is 148 g/mol. The molecule has 0 amide bonds. The normalized spacial score (nSPS) is 27.0. The van der Waals surface area contributed by atoms with Gasteiger partial charge in [-0.25, -0.2) is 0 Å². The van der Waals surface area contributed by atoms with Gasteiger partial charge in [0.15, 0.2) is 9.76 Å². The quantitative estimate of drug-likeness (QED) is 0.466.